The molecular weight excluding hydrogens is 502 g/mol. The van der Waals surface area contributed by atoms with Crippen molar-refractivity contribution in [1.82, 2.24) is 20.0 Å². The highest BCUT2D eigenvalue weighted by Crippen LogP contribution is 2.46. The van der Waals surface area contributed by atoms with Gasteiger partial charge in [0, 0.05) is 62.6 Å². The van der Waals surface area contributed by atoms with Crippen LogP contribution in [0.1, 0.15) is 70.0 Å². The molecule has 11 nitrogen and oxygen atoms in total. The minimum absolute atomic E-state index is 0.220. The number of nitrogens with one attached hydrogen (secondary N) is 1. The Balaban J connectivity index is 1.16. The summed E-state index contributed by atoms with van der Waals surface area (Å²) < 4.78 is 5.52. The summed E-state index contributed by atoms with van der Waals surface area (Å²) in [4.78, 5) is 20.5. The number of hydrogen-bond acceptors (Lipinski definition) is 10. The molecule has 0 saturated carbocycles. The van der Waals surface area contributed by atoms with Crippen molar-refractivity contribution in [3.8, 4) is 0 Å². The second-order valence-corrected chi connectivity index (χ2v) is 12.4. The van der Waals surface area contributed by atoms with E-state index in [-0.39, 0.29) is 6.09 Å². The number of nitrogens with zero attached hydrogens (tertiary/aromatic N) is 4. The number of aliphatic hydroxyl groups is 4. The molecule has 5 unspecified atom stereocenters. The van der Waals surface area contributed by atoms with Crippen molar-refractivity contribution in [2.75, 3.05) is 50.7 Å². The Morgan fingerprint density at radius 3 is 2.28 bits per heavy atom. The lowest BCUT2D eigenvalue weighted by atomic mass is 9.96. The van der Waals surface area contributed by atoms with Gasteiger partial charge in [0.1, 0.15) is 30.5 Å². The number of carbonyl (C=O) groups is 1. The van der Waals surface area contributed by atoms with E-state index in [9.17, 15) is 25.2 Å². The lowest BCUT2D eigenvalue weighted by Gasteiger charge is -2.41. The molecule has 218 valence electrons. The van der Waals surface area contributed by atoms with Crippen LogP contribution in [0, 0.1) is 5.92 Å². The van der Waals surface area contributed by atoms with Crippen molar-refractivity contribution >= 4 is 11.8 Å². The molecule has 4 heterocycles. The number of piperidine rings is 2. The standard InChI is InChI=1S/C28H45N5O6/c1-28(2,3)39-27(38)32-11-9-18(10-12-32)17-30-13-15-31(16-14-30)20-6-4-5-19-23(20)26(37)33(25(19)36)21-7-8-22(34)29-24(21)35/h4-6,18,21-22,24-26,29,34-37H,7-17H2,1-3H3. The molecule has 5 rings (SSSR count). The van der Waals surface area contributed by atoms with E-state index in [1.165, 1.54) is 0 Å². The maximum atomic E-state index is 12.4. The number of likely N-dealkylation sites (tertiary alicyclic amines) is 1. The third kappa shape index (κ3) is 6.19. The Labute approximate surface area is 230 Å². The van der Waals surface area contributed by atoms with Crippen molar-refractivity contribution in [1.29, 1.82) is 0 Å². The molecule has 0 aromatic heterocycles. The first kappa shape index (κ1) is 28.5. The van der Waals surface area contributed by atoms with Crippen molar-refractivity contribution < 1.29 is 30.0 Å². The summed E-state index contributed by atoms with van der Waals surface area (Å²) in [6.45, 7) is 11.6. The van der Waals surface area contributed by atoms with Gasteiger partial charge in [-0.15, -0.1) is 0 Å². The molecule has 0 spiro atoms. The van der Waals surface area contributed by atoms with Crippen molar-refractivity contribution in [2.45, 2.75) is 83.0 Å². The van der Waals surface area contributed by atoms with E-state index in [0.29, 0.717) is 29.9 Å². The molecule has 0 radical (unpaired) electrons. The fourth-order valence-electron chi connectivity index (χ4n) is 6.51. The van der Waals surface area contributed by atoms with Gasteiger partial charge in [-0.05, 0) is 58.4 Å². The van der Waals surface area contributed by atoms with Gasteiger partial charge in [0.05, 0.1) is 6.04 Å². The fraction of sp³-hybridized carbons (Fsp3) is 0.750. The molecule has 39 heavy (non-hydrogen) atoms. The number of anilines is 1. The molecule has 1 aromatic rings. The molecule has 1 amide bonds. The molecule has 1 aromatic carbocycles. The fourth-order valence-corrected chi connectivity index (χ4v) is 6.51. The Kier molecular flexibility index (Phi) is 8.40. The molecule has 3 saturated heterocycles. The van der Waals surface area contributed by atoms with Gasteiger partial charge >= 0.3 is 6.09 Å². The highest BCUT2D eigenvalue weighted by atomic mass is 16.6. The van der Waals surface area contributed by atoms with E-state index in [1.54, 1.807) is 4.90 Å². The molecule has 0 aliphatic carbocycles. The van der Waals surface area contributed by atoms with Crippen LogP contribution >= 0.6 is 0 Å². The molecule has 0 bridgehead atoms. The summed E-state index contributed by atoms with van der Waals surface area (Å²) in [6, 6.07) is 5.23. The van der Waals surface area contributed by atoms with Gasteiger partial charge < -0.3 is 35.0 Å². The van der Waals surface area contributed by atoms with E-state index in [1.807, 2.05) is 43.9 Å². The van der Waals surface area contributed by atoms with Gasteiger partial charge in [-0.2, -0.15) is 0 Å². The first-order valence-corrected chi connectivity index (χ1v) is 14.4. The first-order valence-electron chi connectivity index (χ1n) is 14.4. The van der Waals surface area contributed by atoms with Crippen LogP contribution in [-0.2, 0) is 4.74 Å². The Hall–Kier alpha value is -1.99. The lowest BCUT2D eigenvalue weighted by Crippen LogP contribution is -2.57. The number of rotatable bonds is 4. The number of piperazine rings is 1. The van der Waals surface area contributed by atoms with Crippen LogP contribution in [-0.4, -0.2) is 111 Å². The van der Waals surface area contributed by atoms with Gasteiger partial charge in [0.25, 0.3) is 0 Å². The third-order valence-electron chi connectivity index (χ3n) is 8.56. The molecule has 11 heteroatoms. The predicted octanol–water partition coefficient (Wildman–Crippen LogP) is 1.14. The van der Waals surface area contributed by atoms with Crippen molar-refractivity contribution in [3.05, 3.63) is 29.3 Å². The summed E-state index contributed by atoms with van der Waals surface area (Å²) >= 11 is 0. The summed E-state index contributed by atoms with van der Waals surface area (Å²) in [5.41, 5.74) is 1.81. The van der Waals surface area contributed by atoms with Gasteiger partial charge in [-0.3, -0.25) is 10.2 Å². The number of hydrogen-bond donors (Lipinski definition) is 5. The van der Waals surface area contributed by atoms with Gasteiger partial charge in [-0.1, -0.05) is 12.1 Å². The smallest absolute Gasteiger partial charge is 0.410 e. The zero-order valence-corrected chi connectivity index (χ0v) is 23.4. The Bertz CT molecular complexity index is 1000. The monoisotopic (exact) mass is 547 g/mol. The lowest BCUT2D eigenvalue weighted by molar-refractivity contribution is -0.159. The van der Waals surface area contributed by atoms with E-state index in [4.69, 9.17) is 4.74 Å². The van der Waals surface area contributed by atoms with E-state index < -0.39 is 36.6 Å². The van der Waals surface area contributed by atoms with Crippen molar-refractivity contribution in [2.24, 2.45) is 5.92 Å². The largest absolute Gasteiger partial charge is 0.444 e. The van der Waals surface area contributed by atoms with Gasteiger partial charge in [-0.25, -0.2) is 9.69 Å². The number of amides is 1. The highest BCUT2D eigenvalue weighted by molar-refractivity contribution is 5.68. The molecule has 5 atom stereocenters. The minimum Gasteiger partial charge on any atom is -0.444 e. The van der Waals surface area contributed by atoms with E-state index in [2.05, 4.69) is 15.1 Å². The molecule has 3 fully saturated rings. The molecular formula is C28H45N5O6. The normalized spacial score (nSPS) is 31.4. The van der Waals surface area contributed by atoms with E-state index >= 15 is 0 Å². The van der Waals surface area contributed by atoms with Crippen LogP contribution in [0.5, 0.6) is 0 Å². The number of benzene rings is 1. The second-order valence-electron chi connectivity index (χ2n) is 12.4. The van der Waals surface area contributed by atoms with Crippen LogP contribution < -0.4 is 10.2 Å². The highest BCUT2D eigenvalue weighted by Gasteiger charge is 2.46. The summed E-state index contributed by atoms with van der Waals surface area (Å²) in [6.07, 6.45) is -1.28. The summed E-state index contributed by atoms with van der Waals surface area (Å²) in [7, 11) is 0. The van der Waals surface area contributed by atoms with Crippen LogP contribution in [0.2, 0.25) is 0 Å². The average molecular weight is 548 g/mol. The quantitative estimate of drug-likeness (QED) is 0.374. The number of ether oxygens (including phenoxy) is 1. The summed E-state index contributed by atoms with van der Waals surface area (Å²) in [5.74, 6) is 0.552. The SMILES string of the molecule is CC(C)(C)OC(=O)N1CCC(CN2CCN(c3cccc4c3C(O)N(C3CCC(O)NC3O)C4O)CC2)CC1. The zero-order valence-electron chi connectivity index (χ0n) is 23.4. The minimum atomic E-state index is -1.05. The number of carbonyl (C=O) groups excluding carboxylic acids is 1. The molecule has 4 aliphatic rings. The zero-order chi connectivity index (χ0) is 27.9. The third-order valence-corrected chi connectivity index (χ3v) is 8.56. The summed E-state index contributed by atoms with van der Waals surface area (Å²) in [5, 5.41) is 45.5. The van der Waals surface area contributed by atoms with Crippen LogP contribution in [0.4, 0.5) is 10.5 Å². The van der Waals surface area contributed by atoms with Crippen LogP contribution in [0.3, 0.4) is 0 Å². The Morgan fingerprint density at radius 1 is 0.949 bits per heavy atom. The topological polar surface area (TPSA) is 132 Å². The number of aliphatic hydroxyl groups excluding tert-OH is 4. The maximum Gasteiger partial charge on any atom is 0.410 e. The predicted molar refractivity (Wildman–Crippen MR) is 146 cm³/mol. The molecule has 5 N–H and O–H groups in total. The maximum absolute atomic E-state index is 12.4. The van der Waals surface area contributed by atoms with E-state index in [0.717, 1.165) is 64.3 Å². The molecule has 4 aliphatic heterocycles. The second kappa shape index (κ2) is 11.5. The average Bonchev–Trinajstić information content (AvgIpc) is 3.14. The van der Waals surface area contributed by atoms with Crippen LogP contribution in [0.15, 0.2) is 18.2 Å². The van der Waals surface area contributed by atoms with Crippen LogP contribution in [0.25, 0.3) is 0 Å². The van der Waals surface area contributed by atoms with Gasteiger partial charge in [0.2, 0.25) is 0 Å². The number of fused-ring (bicyclic) bond motifs is 1. The van der Waals surface area contributed by atoms with Crippen molar-refractivity contribution in [3.63, 3.8) is 0 Å². The van der Waals surface area contributed by atoms with Gasteiger partial charge in [0.15, 0.2) is 0 Å². The Morgan fingerprint density at radius 2 is 1.64 bits per heavy atom. The first-order chi connectivity index (χ1) is 18.5.